The molecule has 8 aromatic carbocycles. The second-order valence-corrected chi connectivity index (χ2v) is 14.0. The lowest BCUT2D eigenvalue weighted by molar-refractivity contribution is 0.667. The van der Waals surface area contributed by atoms with Crippen molar-refractivity contribution < 1.29 is 0 Å². The number of nitrogens with zero attached hydrogens (tertiary/aromatic N) is 1. The van der Waals surface area contributed by atoms with Gasteiger partial charge in [0.1, 0.15) is 0 Å². The lowest BCUT2D eigenvalue weighted by Crippen LogP contribution is -2.15. The van der Waals surface area contributed by atoms with Crippen molar-refractivity contribution in [1.82, 2.24) is 4.57 Å². The Morgan fingerprint density at radius 2 is 1.00 bits per heavy atom. The van der Waals surface area contributed by atoms with Gasteiger partial charge in [-0.2, -0.15) is 0 Å². The van der Waals surface area contributed by atoms with E-state index >= 15 is 0 Å². The van der Waals surface area contributed by atoms with Crippen LogP contribution in [0.2, 0.25) is 0 Å². The van der Waals surface area contributed by atoms with E-state index in [1.807, 2.05) is 0 Å². The molecule has 1 aromatic heterocycles. The summed E-state index contributed by atoms with van der Waals surface area (Å²) in [6.07, 6.45) is 0. The summed E-state index contributed by atoms with van der Waals surface area (Å²) in [6, 6.07) is 56.5. The van der Waals surface area contributed by atoms with Crippen LogP contribution in [0.25, 0.3) is 93.5 Å². The monoisotopic (exact) mass is 609 g/mol. The molecule has 2 aliphatic rings. The molecule has 1 heteroatoms. The Bertz CT molecular complexity index is 2820. The fourth-order valence-electron chi connectivity index (χ4n) is 9.32. The van der Waals surface area contributed by atoms with E-state index in [0.717, 1.165) is 0 Å². The van der Waals surface area contributed by atoms with Gasteiger partial charge in [0, 0.05) is 27.3 Å². The lowest BCUT2D eigenvalue weighted by atomic mass is 9.79. The van der Waals surface area contributed by atoms with Crippen LogP contribution in [0.5, 0.6) is 0 Å². The summed E-state index contributed by atoms with van der Waals surface area (Å²) in [5, 5.41) is 7.99. The molecule has 224 valence electrons. The van der Waals surface area contributed by atoms with Crippen molar-refractivity contribution in [2.75, 3.05) is 0 Å². The van der Waals surface area contributed by atoms with Gasteiger partial charge < -0.3 is 4.57 Å². The van der Waals surface area contributed by atoms with Gasteiger partial charge in [0.25, 0.3) is 0 Å². The zero-order chi connectivity index (χ0) is 31.7. The maximum Gasteiger partial charge on any atom is 0.0623 e. The van der Waals surface area contributed by atoms with Crippen LogP contribution in [0.1, 0.15) is 25.0 Å². The smallest absolute Gasteiger partial charge is 0.0623 e. The van der Waals surface area contributed by atoms with Crippen LogP contribution in [0, 0.1) is 0 Å². The highest BCUT2D eigenvalue weighted by molar-refractivity contribution is 6.26. The molecule has 0 atom stereocenters. The number of fused-ring (bicyclic) bond motifs is 13. The van der Waals surface area contributed by atoms with Crippen molar-refractivity contribution >= 4 is 43.4 Å². The lowest BCUT2D eigenvalue weighted by Gasteiger charge is -2.23. The summed E-state index contributed by atoms with van der Waals surface area (Å²) in [4.78, 5) is 0. The van der Waals surface area contributed by atoms with E-state index in [4.69, 9.17) is 0 Å². The maximum atomic E-state index is 2.51. The van der Waals surface area contributed by atoms with Crippen molar-refractivity contribution in [3.63, 3.8) is 0 Å². The Morgan fingerprint density at radius 1 is 0.417 bits per heavy atom. The van der Waals surface area contributed by atoms with Gasteiger partial charge in [0.05, 0.1) is 11.0 Å². The predicted molar refractivity (Wildman–Crippen MR) is 203 cm³/mol. The fraction of sp³-hybridized carbons (Fsp3) is 0.0638. The van der Waals surface area contributed by atoms with Gasteiger partial charge in [0.2, 0.25) is 0 Å². The molecule has 0 unspecified atom stereocenters. The minimum absolute atomic E-state index is 0.123. The van der Waals surface area contributed by atoms with E-state index in [0.29, 0.717) is 0 Å². The van der Waals surface area contributed by atoms with Gasteiger partial charge in [-0.25, -0.2) is 0 Å². The number of benzene rings is 8. The highest BCUT2D eigenvalue weighted by Gasteiger charge is 2.39. The van der Waals surface area contributed by atoms with Crippen LogP contribution in [0.3, 0.4) is 0 Å². The normalized spacial score (nSPS) is 13.8. The molecule has 0 radical (unpaired) electrons. The van der Waals surface area contributed by atoms with Crippen LogP contribution >= 0.6 is 0 Å². The molecule has 0 bridgehead atoms. The zero-order valence-corrected chi connectivity index (χ0v) is 26.9. The number of hydrogen-bond donors (Lipinski definition) is 0. The molecule has 0 aliphatic heterocycles. The highest BCUT2D eigenvalue weighted by atomic mass is 15.0. The Kier molecular flexibility index (Phi) is 4.97. The third-order valence-corrected chi connectivity index (χ3v) is 11.3. The largest absolute Gasteiger partial charge is 0.309 e. The number of para-hydroxylation sites is 1. The Morgan fingerprint density at radius 3 is 1.79 bits per heavy atom. The van der Waals surface area contributed by atoms with Crippen molar-refractivity contribution in [2.45, 2.75) is 19.3 Å². The summed E-state index contributed by atoms with van der Waals surface area (Å²) in [5.41, 5.74) is 17.1. The Balaban J connectivity index is 1.17. The van der Waals surface area contributed by atoms with Crippen molar-refractivity contribution in [2.24, 2.45) is 0 Å². The molecule has 0 fully saturated rings. The minimum atomic E-state index is -0.123. The molecule has 1 nitrogen and oxygen atoms in total. The van der Waals surface area contributed by atoms with Gasteiger partial charge in [-0.3, -0.25) is 0 Å². The minimum Gasteiger partial charge on any atom is -0.309 e. The summed E-state index contributed by atoms with van der Waals surface area (Å²) < 4.78 is 2.51. The van der Waals surface area contributed by atoms with Crippen LogP contribution in [0.4, 0.5) is 0 Å². The van der Waals surface area contributed by atoms with Gasteiger partial charge in [-0.15, -0.1) is 0 Å². The molecule has 0 amide bonds. The second kappa shape index (κ2) is 9.12. The first kappa shape index (κ1) is 26.2. The van der Waals surface area contributed by atoms with Crippen LogP contribution in [-0.4, -0.2) is 4.57 Å². The van der Waals surface area contributed by atoms with Crippen LogP contribution in [-0.2, 0) is 5.41 Å². The molecule has 0 N–H and O–H groups in total. The van der Waals surface area contributed by atoms with E-state index < -0.39 is 0 Å². The first-order valence-corrected chi connectivity index (χ1v) is 17.0. The molecule has 48 heavy (non-hydrogen) atoms. The molecule has 0 saturated heterocycles. The Labute approximate surface area is 279 Å². The first-order chi connectivity index (χ1) is 23.6. The van der Waals surface area contributed by atoms with Gasteiger partial charge in [0.15, 0.2) is 0 Å². The molecule has 11 rings (SSSR count). The molecular formula is C47H31N. The second-order valence-electron chi connectivity index (χ2n) is 14.0. The average molecular weight is 610 g/mol. The van der Waals surface area contributed by atoms with Gasteiger partial charge >= 0.3 is 0 Å². The molecule has 2 aliphatic carbocycles. The third kappa shape index (κ3) is 3.16. The Hall–Kier alpha value is -5.92. The number of hydrogen-bond acceptors (Lipinski definition) is 0. The number of aromatic nitrogens is 1. The quantitative estimate of drug-likeness (QED) is 0.184. The molecule has 9 aromatic rings. The SMILES string of the molecule is CC1(C)c2ccccc2-c2c1c1c3ccccc3n(-c3ccc(-c4ccc5c6c(cccc46)-c4ccccc4-5)cc3)c1c1ccccc21. The van der Waals surface area contributed by atoms with E-state index in [-0.39, 0.29) is 5.41 Å². The summed E-state index contributed by atoms with van der Waals surface area (Å²) >= 11 is 0. The van der Waals surface area contributed by atoms with Crippen LogP contribution < -0.4 is 0 Å². The summed E-state index contributed by atoms with van der Waals surface area (Å²) in [5.74, 6) is 0. The summed E-state index contributed by atoms with van der Waals surface area (Å²) in [6.45, 7) is 4.81. The van der Waals surface area contributed by atoms with Crippen molar-refractivity contribution in [3.05, 3.63) is 163 Å². The molecule has 0 saturated carbocycles. The standard InChI is InChI=1S/C47H31N/c1-47(2)40-20-9-7-16-38(40)43-35-14-5-6-15-37(35)46-44(45(43)47)39-17-8-10-21-41(39)48(46)29-24-22-28(23-25-29)30-26-27-36-32-13-4-3-12-31(32)34-19-11-18-33(30)42(34)36/h3-27H,1-2H3. The van der Waals surface area contributed by atoms with Gasteiger partial charge in [-0.05, 0) is 90.0 Å². The maximum absolute atomic E-state index is 2.51. The van der Waals surface area contributed by atoms with Crippen LogP contribution in [0.15, 0.2) is 152 Å². The van der Waals surface area contributed by atoms with Gasteiger partial charge in [-0.1, -0.05) is 147 Å². The van der Waals surface area contributed by atoms with E-state index in [2.05, 4.69) is 170 Å². The van der Waals surface area contributed by atoms with E-state index in [9.17, 15) is 0 Å². The predicted octanol–water partition coefficient (Wildman–Crippen LogP) is 12.7. The zero-order valence-electron chi connectivity index (χ0n) is 26.9. The topological polar surface area (TPSA) is 4.93 Å². The first-order valence-electron chi connectivity index (χ1n) is 17.0. The third-order valence-electron chi connectivity index (χ3n) is 11.3. The fourth-order valence-corrected chi connectivity index (χ4v) is 9.32. The molecular weight excluding hydrogens is 579 g/mol. The van der Waals surface area contributed by atoms with Crippen molar-refractivity contribution in [3.8, 4) is 50.2 Å². The summed E-state index contributed by atoms with van der Waals surface area (Å²) in [7, 11) is 0. The number of rotatable bonds is 2. The van der Waals surface area contributed by atoms with E-state index in [1.54, 1.807) is 0 Å². The average Bonchev–Trinajstić information content (AvgIpc) is 3.74. The highest BCUT2D eigenvalue weighted by Crippen LogP contribution is 2.56. The molecule has 0 spiro atoms. The molecule has 1 heterocycles. The van der Waals surface area contributed by atoms with E-state index in [1.165, 1.54) is 105 Å². The van der Waals surface area contributed by atoms with Crippen molar-refractivity contribution in [1.29, 1.82) is 0 Å².